The summed E-state index contributed by atoms with van der Waals surface area (Å²) in [5.41, 5.74) is -5.28. The lowest BCUT2D eigenvalue weighted by molar-refractivity contribution is -0.140. The van der Waals surface area contributed by atoms with Gasteiger partial charge in [-0.05, 0) is 38.8 Å². The molecule has 0 aromatic heterocycles. The highest BCUT2D eigenvalue weighted by Gasteiger charge is 2.72. The zero-order valence-electron chi connectivity index (χ0n) is 14.4. The quantitative estimate of drug-likeness (QED) is 0.553. The zero-order valence-corrected chi connectivity index (χ0v) is 14.4. The van der Waals surface area contributed by atoms with Crippen molar-refractivity contribution in [2.75, 3.05) is 4.90 Å². The smallest absolute Gasteiger partial charge is 0.367 e. The number of alkyl halides is 3. The van der Waals surface area contributed by atoms with Gasteiger partial charge in [-0.2, -0.15) is 18.4 Å². The Morgan fingerprint density at radius 3 is 2.11 bits per heavy atom. The molecule has 1 aromatic carbocycles. The Kier molecular flexibility index (Phi) is 3.37. The van der Waals surface area contributed by atoms with E-state index in [9.17, 15) is 27.2 Å². The fourth-order valence-electron chi connectivity index (χ4n) is 4.81. The summed E-state index contributed by atoms with van der Waals surface area (Å²) in [6.07, 6.45) is -4.09. The molecule has 5 nitrogen and oxygen atoms in total. The molecule has 3 heterocycles. The predicted octanol–water partition coefficient (Wildman–Crippen LogP) is 3.16. The molecule has 1 aromatic rings. The van der Waals surface area contributed by atoms with Gasteiger partial charge in [0.1, 0.15) is 5.56 Å². The van der Waals surface area contributed by atoms with Gasteiger partial charge in [-0.3, -0.25) is 9.59 Å². The average Bonchev–Trinajstić information content (AvgIpc) is 3.11. The Balaban J connectivity index is 1.86. The number of carbonyl (C=O) groups excluding carboxylic acids is 2. The number of hydrogen-bond acceptors (Lipinski definition) is 4. The van der Waals surface area contributed by atoms with Gasteiger partial charge in [-0.25, -0.2) is 9.29 Å². The van der Waals surface area contributed by atoms with Crippen LogP contribution >= 0.6 is 0 Å². The fourth-order valence-corrected chi connectivity index (χ4v) is 4.81. The lowest BCUT2D eigenvalue weighted by atomic mass is 9.69. The Morgan fingerprint density at radius 1 is 1.15 bits per heavy atom. The number of ether oxygens (including phenoxy) is 1. The number of halogens is 4. The molecule has 142 valence electrons. The average molecular weight is 382 g/mol. The highest BCUT2D eigenvalue weighted by atomic mass is 19.4. The van der Waals surface area contributed by atoms with Crippen LogP contribution in [-0.4, -0.2) is 23.0 Å². The van der Waals surface area contributed by atoms with Gasteiger partial charge < -0.3 is 4.74 Å². The van der Waals surface area contributed by atoms with Gasteiger partial charge in [0.05, 0.1) is 40.4 Å². The zero-order chi connectivity index (χ0) is 19.9. The summed E-state index contributed by atoms with van der Waals surface area (Å²) in [6, 6.07) is 2.93. The van der Waals surface area contributed by atoms with Crippen molar-refractivity contribution in [1.29, 1.82) is 5.26 Å². The second-order valence-corrected chi connectivity index (χ2v) is 7.63. The number of amides is 2. The topological polar surface area (TPSA) is 70.4 Å². The minimum absolute atomic E-state index is 0.491. The first-order valence-corrected chi connectivity index (χ1v) is 8.32. The Hall–Kier alpha value is -2.47. The van der Waals surface area contributed by atoms with E-state index in [1.54, 1.807) is 13.8 Å². The molecule has 2 amide bonds. The molecule has 0 spiro atoms. The third-order valence-corrected chi connectivity index (χ3v) is 5.97. The van der Waals surface area contributed by atoms with Crippen LogP contribution in [0.5, 0.6) is 0 Å². The van der Waals surface area contributed by atoms with Gasteiger partial charge >= 0.3 is 6.18 Å². The number of anilines is 1. The van der Waals surface area contributed by atoms with Crippen LogP contribution in [0.2, 0.25) is 0 Å². The van der Waals surface area contributed by atoms with Crippen LogP contribution in [0.15, 0.2) is 12.1 Å². The number of nitrogens with zero attached hydrogens (tertiary/aromatic N) is 2. The molecule has 0 aliphatic carbocycles. The summed E-state index contributed by atoms with van der Waals surface area (Å²) >= 11 is 0. The molecule has 9 heteroatoms. The van der Waals surface area contributed by atoms with Crippen molar-refractivity contribution >= 4 is 17.5 Å². The van der Waals surface area contributed by atoms with E-state index in [0.717, 1.165) is 12.1 Å². The van der Waals surface area contributed by atoms with Crippen LogP contribution in [0.25, 0.3) is 0 Å². The number of fused-ring (bicyclic) bond motifs is 5. The van der Waals surface area contributed by atoms with E-state index in [4.69, 9.17) is 10.00 Å². The van der Waals surface area contributed by atoms with Crippen LogP contribution in [0.4, 0.5) is 23.2 Å². The molecule has 0 unspecified atom stereocenters. The van der Waals surface area contributed by atoms with Gasteiger partial charge in [0.15, 0.2) is 5.82 Å². The normalized spacial score (nSPS) is 34.9. The largest absolute Gasteiger partial charge is 0.420 e. The first-order chi connectivity index (χ1) is 12.4. The van der Waals surface area contributed by atoms with Crippen molar-refractivity contribution in [2.45, 2.75) is 44.1 Å². The van der Waals surface area contributed by atoms with E-state index in [0.29, 0.717) is 17.7 Å². The first kappa shape index (κ1) is 17.9. The molecule has 3 aliphatic rings. The molecule has 3 aliphatic heterocycles. The summed E-state index contributed by atoms with van der Waals surface area (Å²) in [7, 11) is 0. The molecule has 0 saturated carbocycles. The Morgan fingerprint density at radius 2 is 1.67 bits per heavy atom. The maximum atomic E-state index is 14.7. The molecule has 0 radical (unpaired) electrons. The second kappa shape index (κ2) is 5.07. The van der Waals surface area contributed by atoms with Crippen LogP contribution < -0.4 is 4.90 Å². The van der Waals surface area contributed by atoms with Gasteiger partial charge in [-0.1, -0.05) is 0 Å². The number of hydrogen-bond donors (Lipinski definition) is 0. The van der Waals surface area contributed by atoms with E-state index in [-0.39, 0.29) is 0 Å². The van der Waals surface area contributed by atoms with E-state index in [1.807, 2.05) is 0 Å². The molecular formula is C18H14F4N2O3. The Bertz CT molecular complexity index is 904. The van der Waals surface area contributed by atoms with Crippen molar-refractivity contribution in [3.8, 4) is 6.07 Å². The maximum Gasteiger partial charge on any atom is 0.420 e. The minimum Gasteiger partial charge on any atom is -0.367 e. The van der Waals surface area contributed by atoms with E-state index < -0.39 is 63.7 Å². The van der Waals surface area contributed by atoms with Gasteiger partial charge in [0.2, 0.25) is 11.8 Å². The van der Waals surface area contributed by atoms with Crippen molar-refractivity contribution < 1.29 is 31.9 Å². The third kappa shape index (κ3) is 2.13. The highest BCUT2D eigenvalue weighted by Crippen LogP contribution is 2.61. The molecule has 4 atom stereocenters. The van der Waals surface area contributed by atoms with E-state index in [1.165, 1.54) is 6.07 Å². The van der Waals surface area contributed by atoms with Gasteiger partial charge in [-0.15, -0.1) is 0 Å². The number of benzene rings is 1. The molecule has 3 saturated heterocycles. The molecular weight excluding hydrogens is 368 g/mol. The number of imide groups is 1. The van der Waals surface area contributed by atoms with Crippen molar-refractivity contribution in [2.24, 2.45) is 11.8 Å². The summed E-state index contributed by atoms with van der Waals surface area (Å²) < 4.78 is 60.4. The third-order valence-electron chi connectivity index (χ3n) is 5.97. The molecule has 2 bridgehead atoms. The molecule has 4 rings (SSSR count). The van der Waals surface area contributed by atoms with Crippen molar-refractivity contribution in [1.82, 2.24) is 0 Å². The molecule has 27 heavy (non-hydrogen) atoms. The fraction of sp³-hybridized carbons (Fsp3) is 0.500. The van der Waals surface area contributed by atoms with Crippen LogP contribution in [0.3, 0.4) is 0 Å². The first-order valence-electron chi connectivity index (χ1n) is 8.32. The molecule has 0 N–H and O–H groups in total. The standard InChI is InChI=1S/C18H14F4N2O3/c1-16-5-6-17(2,27-16)12-11(16)14(25)24(15(12)26)9-4-3-8(7-23)10(13(9)19)18(20,21)22/h3-4,11-12H,5-6H2,1-2H3/t11-,12+,16-,17+. The minimum atomic E-state index is -5.15. The number of nitriles is 1. The van der Waals surface area contributed by atoms with E-state index >= 15 is 0 Å². The van der Waals surface area contributed by atoms with Crippen LogP contribution in [-0.2, 0) is 20.5 Å². The summed E-state index contributed by atoms with van der Waals surface area (Å²) in [4.78, 5) is 26.3. The number of rotatable bonds is 1. The van der Waals surface area contributed by atoms with Crippen LogP contribution in [0.1, 0.15) is 37.8 Å². The lowest BCUT2D eigenvalue weighted by Gasteiger charge is -2.27. The highest BCUT2D eigenvalue weighted by molar-refractivity contribution is 6.23. The summed E-state index contributed by atoms with van der Waals surface area (Å²) in [5.74, 6) is -5.08. The second-order valence-electron chi connectivity index (χ2n) is 7.63. The maximum absolute atomic E-state index is 14.7. The van der Waals surface area contributed by atoms with Crippen molar-refractivity contribution in [3.63, 3.8) is 0 Å². The number of carbonyl (C=O) groups is 2. The van der Waals surface area contributed by atoms with E-state index in [2.05, 4.69) is 0 Å². The lowest BCUT2D eigenvalue weighted by Crippen LogP contribution is -2.40. The summed E-state index contributed by atoms with van der Waals surface area (Å²) in [6.45, 7) is 3.38. The summed E-state index contributed by atoms with van der Waals surface area (Å²) in [5, 5.41) is 8.86. The van der Waals surface area contributed by atoms with Gasteiger partial charge in [0, 0.05) is 0 Å². The van der Waals surface area contributed by atoms with Crippen molar-refractivity contribution in [3.05, 3.63) is 29.1 Å². The predicted molar refractivity (Wildman–Crippen MR) is 82.7 cm³/mol. The SMILES string of the molecule is C[C@]12CC[C@](C)(O1)[C@@H]1C(=O)N(c3ccc(C#N)c(C(F)(F)F)c3F)C(=O)[C@@H]12. The van der Waals surface area contributed by atoms with Gasteiger partial charge in [0.25, 0.3) is 0 Å². The Labute approximate surface area is 151 Å². The molecule has 3 fully saturated rings. The monoisotopic (exact) mass is 382 g/mol. The van der Waals surface area contributed by atoms with Crippen LogP contribution in [0, 0.1) is 29.0 Å².